The van der Waals surface area contributed by atoms with Gasteiger partial charge in [-0.2, -0.15) is 0 Å². The molecule has 13 nitrogen and oxygen atoms in total. The zero-order chi connectivity index (χ0) is 29.1. The van der Waals surface area contributed by atoms with Gasteiger partial charge in [0.1, 0.15) is 39.5 Å². The van der Waals surface area contributed by atoms with Crippen molar-refractivity contribution in [3.8, 4) is 0 Å². The maximum atomic E-state index is 13.2. The first-order valence-corrected chi connectivity index (χ1v) is 14.6. The number of aryl methyl sites for hydroxylation is 2. The lowest BCUT2D eigenvalue weighted by Gasteiger charge is -2.19. The van der Waals surface area contributed by atoms with Crippen molar-refractivity contribution in [2.24, 2.45) is 0 Å². The Bertz CT molecular complexity index is 1660. The summed E-state index contributed by atoms with van der Waals surface area (Å²) in [5.74, 6) is 0.208. The number of carbonyl (C=O) groups is 3. The Kier molecular flexibility index (Phi) is 8.08. The van der Waals surface area contributed by atoms with Gasteiger partial charge in [0.15, 0.2) is 0 Å². The van der Waals surface area contributed by atoms with E-state index in [-0.39, 0.29) is 30.5 Å². The van der Waals surface area contributed by atoms with Gasteiger partial charge >= 0.3 is 6.09 Å². The average Bonchev–Trinajstić information content (AvgIpc) is 3.66. The van der Waals surface area contributed by atoms with Gasteiger partial charge in [-0.15, -0.1) is 32.9 Å². The van der Waals surface area contributed by atoms with Crippen molar-refractivity contribution in [3.63, 3.8) is 0 Å². The molecule has 0 aromatic carbocycles. The van der Waals surface area contributed by atoms with Crippen molar-refractivity contribution in [1.82, 2.24) is 30.0 Å². The molecule has 15 heteroatoms. The molecule has 0 bridgehead atoms. The van der Waals surface area contributed by atoms with Gasteiger partial charge in [0.2, 0.25) is 11.8 Å². The van der Waals surface area contributed by atoms with E-state index >= 15 is 0 Å². The van der Waals surface area contributed by atoms with Gasteiger partial charge in [-0.25, -0.2) is 14.8 Å². The number of ether oxygens (including phenoxy) is 1. The summed E-state index contributed by atoms with van der Waals surface area (Å²) in [5, 5.41) is 17.4. The molecular weight excluding hydrogens is 568 g/mol. The van der Waals surface area contributed by atoms with E-state index in [9.17, 15) is 19.2 Å². The highest BCUT2D eigenvalue weighted by molar-refractivity contribution is 7.19. The molecule has 0 saturated heterocycles. The first-order chi connectivity index (χ1) is 19.6. The van der Waals surface area contributed by atoms with E-state index in [1.165, 1.54) is 33.4 Å². The Balaban J connectivity index is 1.21. The van der Waals surface area contributed by atoms with Crippen molar-refractivity contribution >= 4 is 62.2 Å². The summed E-state index contributed by atoms with van der Waals surface area (Å²) in [4.78, 5) is 60.2. The molecule has 0 radical (unpaired) electrons. The molecule has 41 heavy (non-hydrogen) atoms. The van der Waals surface area contributed by atoms with E-state index in [0.717, 1.165) is 20.0 Å². The molecular formula is C26H28N8O5S2. The maximum Gasteiger partial charge on any atom is 0.413 e. The third-order valence-electron chi connectivity index (χ3n) is 6.09. The summed E-state index contributed by atoms with van der Waals surface area (Å²) in [6, 6.07) is 2.93. The third-order valence-corrected chi connectivity index (χ3v) is 7.94. The van der Waals surface area contributed by atoms with E-state index in [1.807, 2.05) is 6.07 Å². The summed E-state index contributed by atoms with van der Waals surface area (Å²) in [6.07, 6.45) is 3.85. The Labute approximate surface area is 242 Å². The molecule has 0 fully saturated rings. The minimum Gasteiger partial charge on any atom is -0.444 e. The Hall–Kier alpha value is -4.24. The summed E-state index contributed by atoms with van der Waals surface area (Å²) in [5.41, 5.74) is 0.535. The van der Waals surface area contributed by atoms with Crippen LogP contribution in [0.15, 0.2) is 34.8 Å². The highest BCUT2D eigenvalue weighted by Crippen LogP contribution is 2.28. The number of nitrogens with zero attached hydrogens (tertiary/aromatic N) is 5. The minimum atomic E-state index is -0.732. The third kappa shape index (κ3) is 6.92. The number of rotatable bonds is 8. The summed E-state index contributed by atoms with van der Waals surface area (Å²) in [6.45, 7) is 5.59. The van der Waals surface area contributed by atoms with Crippen LogP contribution in [0.25, 0.3) is 10.1 Å². The summed E-state index contributed by atoms with van der Waals surface area (Å²) >= 11 is 2.81. The van der Waals surface area contributed by atoms with Crippen LogP contribution in [0.5, 0.6) is 0 Å². The lowest BCUT2D eigenvalue weighted by molar-refractivity contribution is -0.124. The van der Waals surface area contributed by atoms with Crippen LogP contribution in [0.2, 0.25) is 0 Å². The highest BCUT2D eigenvalue weighted by atomic mass is 32.1. The van der Waals surface area contributed by atoms with E-state index in [4.69, 9.17) is 4.74 Å². The molecule has 0 aliphatic carbocycles. The lowest BCUT2D eigenvalue weighted by Crippen LogP contribution is -2.36. The van der Waals surface area contributed by atoms with Crippen LogP contribution in [-0.4, -0.2) is 48.2 Å². The number of pyridine rings is 1. The first kappa shape index (κ1) is 28.3. The molecule has 4 aromatic heterocycles. The Morgan fingerprint density at radius 1 is 1.15 bits per heavy atom. The number of fused-ring (bicyclic) bond motifs is 2. The van der Waals surface area contributed by atoms with Gasteiger partial charge in [-0.3, -0.25) is 24.3 Å². The fourth-order valence-corrected chi connectivity index (χ4v) is 5.86. The molecule has 1 atom stereocenters. The molecule has 0 saturated carbocycles. The van der Waals surface area contributed by atoms with Gasteiger partial charge in [-0.05, 0) is 39.3 Å². The smallest absolute Gasteiger partial charge is 0.413 e. The molecule has 3 amide bonds. The number of thiophene rings is 1. The summed E-state index contributed by atoms with van der Waals surface area (Å²) < 4.78 is 7.51. The molecule has 4 aromatic rings. The fraction of sp³-hybridized carbons (Fsp3) is 0.385. The van der Waals surface area contributed by atoms with Crippen LogP contribution < -0.4 is 21.5 Å². The molecule has 5 rings (SSSR count). The van der Waals surface area contributed by atoms with Crippen LogP contribution in [-0.2, 0) is 33.7 Å². The van der Waals surface area contributed by atoms with Crippen molar-refractivity contribution in [2.45, 2.75) is 64.6 Å². The van der Waals surface area contributed by atoms with Gasteiger partial charge in [0.05, 0.1) is 12.7 Å². The van der Waals surface area contributed by atoms with Gasteiger partial charge < -0.3 is 15.4 Å². The van der Waals surface area contributed by atoms with Crippen molar-refractivity contribution < 1.29 is 19.1 Å². The van der Waals surface area contributed by atoms with Gasteiger partial charge in [-0.1, -0.05) is 0 Å². The Morgan fingerprint density at radius 2 is 1.98 bits per heavy atom. The van der Waals surface area contributed by atoms with E-state index < -0.39 is 23.3 Å². The molecule has 5 heterocycles. The lowest BCUT2D eigenvalue weighted by atomic mass is 10.2. The normalized spacial score (nSPS) is 14.5. The Morgan fingerprint density at radius 3 is 2.73 bits per heavy atom. The van der Waals surface area contributed by atoms with Crippen LogP contribution in [0.1, 0.15) is 55.4 Å². The number of hydrogen-bond acceptors (Lipinski definition) is 11. The van der Waals surface area contributed by atoms with Crippen molar-refractivity contribution in [1.29, 1.82) is 0 Å². The molecule has 214 valence electrons. The number of hydrogen-bond donors (Lipinski definition) is 3. The van der Waals surface area contributed by atoms with Gasteiger partial charge in [0.25, 0.3) is 5.56 Å². The SMILES string of the molecule is CC(C)(C)OC(=O)Nc1cc2sc(CNC(=O)[C@@H]3CCc4ncc(NC(=O)CCc5nncs5)c(=O)n43)cc2cn1. The van der Waals surface area contributed by atoms with E-state index in [2.05, 4.69) is 36.1 Å². The van der Waals surface area contributed by atoms with Crippen LogP contribution >= 0.6 is 22.7 Å². The molecule has 0 spiro atoms. The number of nitrogens with one attached hydrogen (secondary N) is 3. The predicted octanol–water partition coefficient (Wildman–Crippen LogP) is 3.43. The number of amides is 3. The fourth-order valence-electron chi connectivity index (χ4n) is 4.32. The second-order valence-corrected chi connectivity index (χ2v) is 12.4. The van der Waals surface area contributed by atoms with Crippen LogP contribution in [0.3, 0.4) is 0 Å². The number of anilines is 2. The minimum absolute atomic E-state index is 0.0310. The molecule has 1 aliphatic rings. The van der Waals surface area contributed by atoms with Crippen LogP contribution in [0, 0.1) is 0 Å². The second-order valence-electron chi connectivity index (χ2n) is 10.4. The zero-order valence-corrected chi connectivity index (χ0v) is 24.2. The van der Waals surface area contributed by atoms with Crippen molar-refractivity contribution in [2.75, 3.05) is 10.6 Å². The number of aromatic nitrogens is 5. The quantitative estimate of drug-likeness (QED) is 0.276. The monoisotopic (exact) mass is 596 g/mol. The van der Waals surface area contributed by atoms with E-state index in [1.54, 1.807) is 38.5 Å². The zero-order valence-electron chi connectivity index (χ0n) is 22.6. The summed E-state index contributed by atoms with van der Waals surface area (Å²) in [7, 11) is 0. The van der Waals surface area contributed by atoms with Crippen LogP contribution in [0.4, 0.5) is 16.3 Å². The van der Waals surface area contributed by atoms with E-state index in [0.29, 0.717) is 30.9 Å². The number of carbonyl (C=O) groups excluding carboxylic acids is 3. The molecule has 0 unspecified atom stereocenters. The molecule has 3 N–H and O–H groups in total. The molecule has 1 aliphatic heterocycles. The predicted molar refractivity (Wildman–Crippen MR) is 154 cm³/mol. The second kappa shape index (κ2) is 11.7. The highest BCUT2D eigenvalue weighted by Gasteiger charge is 2.31. The maximum absolute atomic E-state index is 13.2. The topological polar surface area (TPSA) is 170 Å². The van der Waals surface area contributed by atoms with Gasteiger partial charge in [0, 0.05) is 40.4 Å². The largest absolute Gasteiger partial charge is 0.444 e. The van der Waals surface area contributed by atoms with Crippen molar-refractivity contribution in [3.05, 3.63) is 56.1 Å². The average molecular weight is 597 g/mol. The standard InChI is InChI=1S/C26H28N8O5S2/c1-26(2,3)39-25(38)32-19-9-18-14(10-27-19)8-15(41-18)11-29-23(36)17-4-5-20-28-12-16(24(37)34(17)20)31-21(35)6-7-22-33-30-13-40-22/h8-10,12-13,17H,4-7,11H2,1-3H3,(H,29,36)(H,31,35)(H,27,32,38)/t17-/m0/s1. The first-order valence-electron chi connectivity index (χ1n) is 12.9.